The Kier molecular flexibility index (Phi) is 2.92. The van der Waals surface area contributed by atoms with Gasteiger partial charge < -0.3 is 10.3 Å². The maximum Gasteiger partial charge on any atom is 0.147 e. The molecule has 0 radical (unpaired) electrons. The molecule has 2 N–H and O–H groups in total. The molecular formula is C11H15N5S. The second-order valence-electron chi connectivity index (χ2n) is 4.30. The summed E-state index contributed by atoms with van der Waals surface area (Å²) in [4.78, 5) is 3.59. The average Bonchev–Trinajstić information content (AvgIpc) is 2.99. The Balaban J connectivity index is 1.64. The van der Waals surface area contributed by atoms with Crippen LogP contribution in [-0.4, -0.2) is 32.8 Å². The molecule has 1 atom stereocenters. The van der Waals surface area contributed by atoms with Crippen LogP contribution in [0, 0.1) is 0 Å². The minimum absolute atomic E-state index is 0.101. The highest BCUT2D eigenvalue weighted by atomic mass is 32.1. The van der Waals surface area contributed by atoms with Gasteiger partial charge in [0.25, 0.3) is 0 Å². The highest BCUT2D eigenvalue weighted by Gasteiger charge is 2.20. The van der Waals surface area contributed by atoms with Gasteiger partial charge in [0.15, 0.2) is 0 Å². The van der Waals surface area contributed by atoms with Gasteiger partial charge in [-0.1, -0.05) is 6.07 Å². The van der Waals surface area contributed by atoms with Crippen LogP contribution in [0.3, 0.4) is 0 Å². The molecule has 0 aliphatic carbocycles. The Labute approximate surface area is 104 Å². The van der Waals surface area contributed by atoms with Crippen LogP contribution in [0.1, 0.15) is 16.7 Å². The summed E-state index contributed by atoms with van der Waals surface area (Å²) in [7, 11) is 0. The molecule has 6 heteroatoms. The Bertz CT molecular complexity index is 478. The highest BCUT2D eigenvalue weighted by Crippen LogP contribution is 2.19. The fourth-order valence-corrected chi connectivity index (χ4v) is 2.86. The van der Waals surface area contributed by atoms with E-state index in [0.717, 1.165) is 32.0 Å². The Morgan fingerprint density at radius 2 is 2.41 bits per heavy atom. The van der Waals surface area contributed by atoms with E-state index in [4.69, 9.17) is 5.73 Å². The zero-order valence-corrected chi connectivity index (χ0v) is 10.3. The molecule has 1 unspecified atom stereocenters. The van der Waals surface area contributed by atoms with E-state index in [0.29, 0.717) is 0 Å². The topological polar surface area (TPSA) is 60.0 Å². The monoisotopic (exact) mass is 249 g/mol. The number of aromatic nitrogens is 3. The van der Waals surface area contributed by atoms with Crippen molar-refractivity contribution in [2.75, 3.05) is 13.1 Å². The lowest BCUT2D eigenvalue weighted by Gasteiger charge is -2.28. The fourth-order valence-electron chi connectivity index (χ4n) is 2.14. The van der Waals surface area contributed by atoms with Crippen LogP contribution in [0.5, 0.6) is 0 Å². The molecule has 0 aromatic carbocycles. The van der Waals surface area contributed by atoms with Crippen LogP contribution in [0.15, 0.2) is 23.8 Å². The largest absolute Gasteiger partial charge is 0.322 e. The highest BCUT2D eigenvalue weighted by molar-refractivity contribution is 7.10. The zero-order chi connectivity index (χ0) is 11.7. The molecule has 0 spiro atoms. The number of nitrogens with two attached hydrogens (primary N) is 1. The fraction of sp³-hybridized carbons (Fsp3) is 0.455. The summed E-state index contributed by atoms with van der Waals surface area (Å²) in [5, 5.41) is 10.1. The van der Waals surface area contributed by atoms with Crippen molar-refractivity contribution in [1.82, 2.24) is 19.7 Å². The summed E-state index contributed by atoms with van der Waals surface area (Å²) >= 11 is 1.72. The Hall–Kier alpha value is -1.24. The third-order valence-corrected chi connectivity index (χ3v) is 4.09. The summed E-state index contributed by atoms with van der Waals surface area (Å²) in [5.41, 5.74) is 6.19. The lowest BCUT2D eigenvalue weighted by molar-refractivity contribution is 0.205. The van der Waals surface area contributed by atoms with E-state index >= 15 is 0 Å². The molecule has 1 aliphatic rings. The first-order valence-corrected chi connectivity index (χ1v) is 6.59. The number of hydrogen-bond donors (Lipinski definition) is 1. The number of thiophene rings is 1. The smallest absolute Gasteiger partial charge is 0.147 e. The van der Waals surface area contributed by atoms with Gasteiger partial charge in [-0.2, -0.15) is 0 Å². The molecule has 0 bridgehead atoms. The lowest BCUT2D eigenvalue weighted by Crippen LogP contribution is -2.38. The molecule has 1 aliphatic heterocycles. The van der Waals surface area contributed by atoms with E-state index < -0.39 is 0 Å². The predicted molar refractivity (Wildman–Crippen MR) is 66.5 cm³/mol. The van der Waals surface area contributed by atoms with Crippen molar-refractivity contribution >= 4 is 11.3 Å². The van der Waals surface area contributed by atoms with E-state index in [1.807, 2.05) is 6.07 Å². The summed E-state index contributed by atoms with van der Waals surface area (Å²) < 4.78 is 2.10. The standard InChI is InChI=1S/C11H15N5S/c12-9(10-2-1-5-17-10)6-15-3-4-16-8-13-14-11(16)7-15/h1-2,5,8-9H,3-4,6-7,12H2. The Morgan fingerprint density at radius 1 is 1.47 bits per heavy atom. The van der Waals surface area contributed by atoms with Gasteiger partial charge in [0.2, 0.25) is 0 Å². The van der Waals surface area contributed by atoms with Crippen LogP contribution >= 0.6 is 11.3 Å². The molecule has 3 heterocycles. The third kappa shape index (κ3) is 2.24. The maximum absolute atomic E-state index is 6.19. The van der Waals surface area contributed by atoms with Gasteiger partial charge in [0.1, 0.15) is 12.2 Å². The molecule has 0 fully saturated rings. The molecule has 0 amide bonds. The van der Waals surface area contributed by atoms with E-state index in [1.54, 1.807) is 17.7 Å². The molecular weight excluding hydrogens is 234 g/mol. The third-order valence-electron chi connectivity index (χ3n) is 3.08. The second-order valence-corrected chi connectivity index (χ2v) is 5.28. The van der Waals surface area contributed by atoms with Gasteiger partial charge in [-0.3, -0.25) is 4.90 Å². The molecule has 2 aromatic rings. The van der Waals surface area contributed by atoms with Gasteiger partial charge in [0.05, 0.1) is 12.6 Å². The Morgan fingerprint density at radius 3 is 3.24 bits per heavy atom. The number of nitrogens with zero attached hydrogens (tertiary/aromatic N) is 4. The number of fused-ring (bicyclic) bond motifs is 1. The van der Waals surface area contributed by atoms with Crippen molar-refractivity contribution in [1.29, 1.82) is 0 Å². The molecule has 90 valence electrons. The van der Waals surface area contributed by atoms with Crippen LogP contribution in [-0.2, 0) is 13.1 Å². The molecule has 0 saturated heterocycles. The van der Waals surface area contributed by atoms with Gasteiger partial charge in [-0.15, -0.1) is 21.5 Å². The van der Waals surface area contributed by atoms with Crippen LogP contribution in [0.4, 0.5) is 0 Å². The summed E-state index contributed by atoms with van der Waals surface area (Å²) in [6, 6.07) is 4.25. The SMILES string of the molecule is NC(CN1CCn2cnnc2C1)c1cccs1. The minimum Gasteiger partial charge on any atom is -0.322 e. The quantitative estimate of drug-likeness (QED) is 0.876. The average molecular weight is 249 g/mol. The van der Waals surface area contributed by atoms with E-state index in [-0.39, 0.29) is 6.04 Å². The first-order valence-electron chi connectivity index (χ1n) is 5.71. The van der Waals surface area contributed by atoms with Crippen molar-refractivity contribution in [3.8, 4) is 0 Å². The van der Waals surface area contributed by atoms with Crippen molar-refractivity contribution in [3.05, 3.63) is 34.5 Å². The molecule has 3 rings (SSSR count). The van der Waals surface area contributed by atoms with E-state index in [1.165, 1.54) is 4.88 Å². The number of hydrogen-bond acceptors (Lipinski definition) is 5. The van der Waals surface area contributed by atoms with Gasteiger partial charge >= 0.3 is 0 Å². The van der Waals surface area contributed by atoms with Crippen molar-refractivity contribution in [2.24, 2.45) is 5.73 Å². The normalized spacial score (nSPS) is 17.9. The summed E-state index contributed by atoms with van der Waals surface area (Å²) in [6.45, 7) is 3.70. The summed E-state index contributed by atoms with van der Waals surface area (Å²) in [6.07, 6.45) is 1.80. The van der Waals surface area contributed by atoms with Crippen molar-refractivity contribution < 1.29 is 0 Å². The van der Waals surface area contributed by atoms with Crippen molar-refractivity contribution in [2.45, 2.75) is 19.1 Å². The van der Waals surface area contributed by atoms with Gasteiger partial charge in [0, 0.05) is 24.5 Å². The zero-order valence-electron chi connectivity index (χ0n) is 9.49. The minimum atomic E-state index is 0.101. The van der Waals surface area contributed by atoms with Crippen LogP contribution in [0.25, 0.3) is 0 Å². The molecule has 17 heavy (non-hydrogen) atoms. The second kappa shape index (κ2) is 4.56. The van der Waals surface area contributed by atoms with Gasteiger partial charge in [-0.25, -0.2) is 0 Å². The molecule has 5 nitrogen and oxygen atoms in total. The van der Waals surface area contributed by atoms with Crippen LogP contribution < -0.4 is 5.73 Å². The van der Waals surface area contributed by atoms with Crippen LogP contribution in [0.2, 0.25) is 0 Å². The lowest BCUT2D eigenvalue weighted by atomic mass is 10.2. The molecule has 0 saturated carbocycles. The van der Waals surface area contributed by atoms with Crippen molar-refractivity contribution in [3.63, 3.8) is 0 Å². The predicted octanol–water partition coefficient (Wildman–Crippen LogP) is 0.855. The molecule has 2 aromatic heterocycles. The van der Waals surface area contributed by atoms with E-state index in [2.05, 4.69) is 31.1 Å². The summed E-state index contributed by atoms with van der Waals surface area (Å²) in [5.74, 6) is 1.04. The van der Waals surface area contributed by atoms with Gasteiger partial charge in [-0.05, 0) is 11.4 Å². The maximum atomic E-state index is 6.19. The number of rotatable bonds is 3. The first kappa shape index (κ1) is 10.9. The first-order chi connectivity index (χ1) is 8.33. The van der Waals surface area contributed by atoms with E-state index in [9.17, 15) is 0 Å².